The minimum Gasteiger partial charge on any atom is -0.398 e. The summed E-state index contributed by atoms with van der Waals surface area (Å²) in [6.45, 7) is 3.02. The topological polar surface area (TPSA) is 42.1 Å². The first-order valence-corrected chi connectivity index (χ1v) is 6.78. The Morgan fingerprint density at radius 2 is 1.95 bits per heavy atom. The molecular weight excluding hydrogens is 279 g/mol. The highest BCUT2D eigenvalue weighted by atomic mass is 19.4. The van der Waals surface area contributed by atoms with Gasteiger partial charge in [-0.05, 0) is 31.5 Å². The van der Waals surface area contributed by atoms with Gasteiger partial charge in [-0.25, -0.2) is 0 Å². The van der Waals surface area contributed by atoms with E-state index in [1.165, 1.54) is 4.90 Å². The predicted molar refractivity (Wildman–Crippen MR) is 79.5 cm³/mol. The molecule has 0 aliphatic heterocycles. The van der Waals surface area contributed by atoms with Gasteiger partial charge in [0.25, 0.3) is 0 Å². The van der Waals surface area contributed by atoms with Crippen LogP contribution in [0.25, 0.3) is 10.8 Å². The number of hydrogen-bond donors (Lipinski definition) is 1. The number of rotatable bonds is 4. The average molecular weight is 297 g/mol. The molecular formula is C15H18F3N3. The maximum Gasteiger partial charge on any atom is 0.405 e. The Labute approximate surface area is 121 Å². The fourth-order valence-electron chi connectivity index (χ4n) is 2.40. The van der Waals surface area contributed by atoms with E-state index in [1.54, 1.807) is 31.3 Å². The lowest BCUT2D eigenvalue weighted by atomic mass is 10.1. The third-order valence-corrected chi connectivity index (χ3v) is 3.25. The lowest BCUT2D eigenvalue weighted by Gasteiger charge is -2.27. The Morgan fingerprint density at radius 3 is 2.57 bits per heavy atom. The summed E-state index contributed by atoms with van der Waals surface area (Å²) in [7, 11) is 0. The number of hydrogen-bond acceptors (Lipinski definition) is 3. The first kappa shape index (κ1) is 15.4. The van der Waals surface area contributed by atoms with Crippen molar-refractivity contribution in [2.24, 2.45) is 0 Å². The van der Waals surface area contributed by atoms with Gasteiger partial charge >= 0.3 is 6.18 Å². The van der Waals surface area contributed by atoms with E-state index < -0.39 is 12.7 Å². The molecule has 2 aromatic rings. The summed E-state index contributed by atoms with van der Waals surface area (Å²) < 4.78 is 38.4. The molecule has 0 saturated heterocycles. The Kier molecular flexibility index (Phi) is 4.25. The number of pyridine rings is 1. The second kappa shape index (κ2) is 5.79. The molecule has 0 amide bonds. The number of nitrogen functional groups attached to an aromatic ring is 1. The molecule has 0 unspecified atom stereocenters. The molecule has 0 atom stereocenters. The van der Waals surface area contributed by atoms with E-state index in [-0.39, 0.29) is 0 Å². The monoisotopic (exact) mass is 297 g/mol. The standard InChI is InChI=1S/C15H18F3N3/c1-3-6-21(9-15(16,17)18)14-5-4-13(19)12-8-20-10(2)7-11(12)14/h4-5,7-8H,3,6,9,19H2,1-2H3. The molecule has 2 N–H and O–H groups in total. The van der Waals surface area contributed by atoms with Crippen LogP contribution in [0.5, 0.6) is 0 Å². The quantitative estimate of drug-likeness (QED) is 0.870. The van der Waals surface area contributed by atoms with Gasteiger partial charge in [0.15, 0.2) is 0 Å². The van der Waals surface area contributed by atoms with Crippen molar-refractivity contribution in [2.75, 3.05) is 23.7 Å². The Morgan fingerprint density at radius 1 is 1.24 bits per heavy atom. The predicted octanol–water partition coefficient (Wildman–Crippen LogP) is 3.90. The van der Waals surface area contributed by atoms with E-state index in [2.05, 4.69) is 4.98 Å². The molecule has 21 heavy (non-hydrogen) atoms. The van der Waals surface area contributed by atoms with Crippen molar-refractivity contribution in [1.29, 1.82) is 0 Å². The van der Waals surface area contributed by atoms with E-state index in [0.29, 0.717) is 35.1 Å². The van der Waals surface area contributed by atoms with Crippen molar-refractivity contribution in [1.82, 2.24) is 4.98 Å². The Balaban J connectivity index is 2.56. The Hall–Kier alpha value is -1.98. The fraction of sp³-hybridized carbons (Fsp3) is 0.400. The van der Waals surface area contributed by atoms with Crippen molar-refractivity contribution >= 4 is 22.1 Å². The van der Waals surface area contributed by atoms with Gasteiger partial charge in [-0.3, -0.25) is 4.98 Å². The molecule has 1 aromatic carbocycles. The zero-order valence-corrected chi connectivity index (χ0v) is 12.0. The second-order valence-corrected chi connectivity index (χ2v) is 5.08. The first-order chi connectivity index (χ1) is 9.81. The van der Waals surface area contributed by atoms with Crippen molar-refractivity contribution in [3.05, 3.63) is 30.1 Å². The molecule has 1 aromatic heterocycles. The number of benzene rings is 1. The van der Waals surface area contributed by atoms with E-state index >= 15 is 0 Å². The van der Waals surface area contributed by atoms with Crippen LogP contribution in [0.15, 0.2) is 24.4 Å². The van der Waals surface area contributed by atoms with Crippen LogP contribution in [0, 0.1) is 6.92 Å². The van der Waals surface area contributed by atoms with E-state index in [0.717, 1.165) is 5.69 Å². The highest BCUT2D eigenvalue weighted by Gasteiger charge is 2.31. The largest absolute Gasteiger partial charge is 0.405 e. The van der Waals surface area contributed by atoms with Crippen LogP contribution in [-0.4, -0.2) is 24.2 Å². The zero-order chi connectivity index (χ0) is 15.6. The van der Waals surface area contributed by atoms with E-state index in [4.69, 9.17) is 5.73 Å². The normalized spacial score (nSPS) is 11.9. The Bertz CT molecular complexity index is 638. The fourth-order valence-corrected chi connectivity index (χ4v) is 2.40. The van der Waals surface area contributed by atoms with Crippen molar-refractivity contribution < 1.29 is 13.2 Å². The summed E-state index contributed by atoms with van der Waals surface area (Å²) in [5.41, 5.74) is 7.71. The van der Waals surface area contributed by atoms with Gasteiger partial charge in [-0.1, -0.05) is 6.92 Å². The van der Waals surface area contributed by atoms with Gasteiger partial charge in [-0.2, -0.15) is 13.2 Å². The summed E-state index contributed by atoms with van der Waals surface area (Å²) >= 11 is 0. The third kappa shape index (κ3) is 3.56. The number of halogens is 3. The maximum atomic E-state index is 12.8. The number of fused-ring (bicyclic) bond motifs is 1. The molecule has 0 aliphatic carbocycles. The number of aryl methyl sites for hydroxylation is 1. The SMILES string of the molecule is CCCN(CC(F)(F)F)c1ccc(N)c2cnc(C)cc12. The molecule has 2 rings (SSSR count). The van der Waals surface area contributed by atoms with Crippen molar-refractivity contribution in [3.8, 4) is 0 Å². The maximum absolute atomic E-state index is 12.8. The molecule has 0 radical (unpaired) electrons. The first-order valence-electron chi connectivity index (χ1n) is 6.78. The van der Waals surface area contributed by atoms with Gasteiger partial charge in [0, 0.05) is 40.6 Å². The summed E-state index contributed by atoms with van der Waals surface area (Å²) in [4.78, 5) is 5.52. The lowest BCUT2D eigenvalue weighted by molar-refractivity contribution is -0.119. The smallest absolute Gasteiger partial charge is 0.398 e. The summed E-state index contributed by atoms with van der Waals surface area (Å²) in [6.07, 6.45) is -2.00. The molecule has 0 aliphatic rings. The molecule has 6 heteroatoms. The second-order valence-electron chi connectivity index (χ2n) is 5.08. The average Bonchev–Trinajstić information content (AvgIpc) is 2.37. The molecule has 114 valence electrons. The molecule has 3 nitrogen and oxygen atoms in total. The van der Waals surface area contributed by atoms with E-state index in [9.17, 15) is 13.2 Å². The molecule has 0 bridgehead atoms. The zero-order valence-electron chi connectivity index (χ0n) is 12.0. The van der Waals surface area contributed by atoms with Crippen LogP contribution < -0.4 is 10.6 Å². The van der Waals surface area contributed by atoms with Gasteiger partial charge in [0.05, 0.1) is 0 Å². The molecule has 0 spiro atoms. The summed E-state index contributed by atoms with van der Waals surface area (Å²) in [6, 6.07) is 5.06. The van der Waals surface area contributed by atoms with Gasteiger partial charge in [0.1, 0.15) is 6.54 Å². The molecule has 0 saturated carbocycles. The minimum absolute atomic E-state index is 0.333. The summed E-state index contributed by atoms with van der Waals surface area (Å²) in [5.74, 6) is 0. The van der Waals surface area contributed by atoms with Crippen LogP contribution in [-0.2, 0) is 0 Å². The van der Waals surface area contributed by atoms with Gasteiger partial charge in [0.2, 0.25) is 0 Å². The number of alkyl halides is 3. The summed E-state index contributed by atoms with van der Waals surface area (Å²) in [5, 5.41) is 1.39. The van der Waals surface area contributed by atoms with Gasteiger partial charge in [-0.15, -0.1) is 0 Å². The van der Waals surface area contributed by atoms with Crippen LogP contribution in [0.1, 0.15) is 19.0 Å². The molecule has 0 fully saturated rings. The number of aromatic nitrogens is 1. The van der Waals surface area contributed by atoms with E-state index in [1.807, 2.05) is 6.92 Å². The van der Waals surface area contributed by atoms with Crippen LogP contribution in [0.2, 0.25) is 0 Å². The van der Waals surface area contributed by atoms with Crippen LogP contribution >= 0.6 is 0 Å². The number of nitrogens with zero attached hydrogens (tertiary/aromatic N) is 2. The van der Waals surface area contributed by atoms with Crippen LogP contribution in [0.4, 0.5) is 24.5 Å². The van der Waals surface area contributed by atoms with Crippen molar-refractivity contribution in [2.45, 2.75) is 26.4 Å². The lowest BCUT2D eigenvalue weighted by Crippen LogP contribution is -2.35. The number of nitrogens with two attached hydrogens (primary N) is 1. The third-order valence-electron chi connectivity index (χ3n) is 3.25. The van der Waals surface area contributed by atoms with Gasteiger partial charge < -0.3 is 10.6 Å². The highest BCUT2D eigenvalue weighted by Crippen LogP contribution is 2.32. The number of anilines is 2. The molecule has 1 heterocycles. The van der Waals surface area contributed by atoms with Crippen molar-refractivity contribution in [3.63, 3.8) is 0 Å². The highest BCUT2D eigenvalue weighted by molar-refractivity contribution is 6.01. The van der Waals surface area contributed by atoms with Crippen LogP contribution in [0.3, 0.4) is 0 Å². The minimum atomic E-state index is -4.25.